The van der Waals surface area contributed by atoms with Crippen LogP contribution in [0.1, 0.15) is 40.3 Å². The summed E-state index contributed by atoms with van der Waals surface area (Å²) in [5.74, 6) is 0. The van der Waals surface area contributed by atoms with Crippen molar-refractivity contribution in [3.8, 4) is 5.69 Å². The lowest BCUT2D eigenvalue weighted by Crippen LogP contribution is -2.29. The Morgan fingerprint density at radius 1 is 0.971 bits per heavy atom. The van der Waals surface area contributed by atoms with E-state index in [0.717, 1.165) is 38.5 Å². The van der Waals surface area contributed by atoms with Gasteiger partial charge in [0.2, 0.25) is 0 Å². The van der Waals surface area contributed by atoms with Gasteiger partial charge < -0.3 is 14.8 Å². The molecule has 4 nitrogen and oxygen atoms in total. The Bertz CT molecular complexity index is 1380. The molecule has 2 aromatic heterocycles. The van der Waals surface area contributed by atoms with Crippen LogP contribution in [0.15, 0.2) is 77.4 Å². The molecule has 1 N–H and O–H groups in total. The smallest absolute Gasteiger partial charge is 0.174 e. The minimum atomic E-state index is -0.0917. The number of halogens is 2. The number of anilines is 1. The van der Waals surface area contributed by atoms with Crippen molar-refractivity contribution in [3.63, 3.8) is 0 Å². The number of nitrogens with one attached hydrogen (secondary N) is 1. The Morgan fingerprint density at radius 2 is 1.79 bits per heavy atom. The molecule has 0 spiro atoms. The lowest BCUT2D eigenvalue weighted by Gasteiger charge is -2.28. The number of aromatic nitrogens is 2. The van der Waals surface area contributed by atoms with E-state index in [1.807, 2.05) is 36.5 Å². The Labute approximate surface area is 218 Å². The maximum Gasteiger partial charge on any atom is 0.174 e. The van der Waals surface area contributed by atoms with Crippen molar-refractivity contribution in [3.05, 3.63) is 111 Å². The molecule has 172 valence electrons. The van der Waals surface area contributed by atoms with Crippen LogP contribution in [0.4, 0.5) is 5.69 Å². The number of hydrogen-bond donors (Lipinski definition) is 1. The van der Waals surface area contributed by atoms with Gasteiger partial charge in [0.05, 0.1) is 17.8 Å². The van der Waals surface area contributed by atoms with E-state index in [2.05, 4.69) is 92.9 Å². The predicted molar refractivity (Wildman–Crippen MR) is 147 cm³/mol. The molecule has 1 fully saturated rings. The van der Waals surface area contributed by atoms with E-state index in [9.17, 15) is 0 Å². The SMILES string of the molecule is Cc1cc(N2C(=S)NC(c3ccccn3)C2c2cc(C)n(-c3cccc(Cl)c3)c2C)ccc1Br. The van der Waals surface area contributed by atoms with E-state index < -0.39 is 0 Å². The highest BCUT2D eigenvalue weighted by Gasteiger charge is 2.42. The summed E-state index contributed by atoms with van der Waals surface area (Å²) in [6.07, 6.45) is 1.83. The number of hydrogen-bond acceptors (Lipinski definition) is 2. The second-order valence-corrected chi connectivity index (χ2v) is 10.2. The van der Waals surface area contributed by atoms with E-state index in [-0.39, 0.29) is 12.1 Å². The van der Waals surface area contributed by atoms with Crippen molar-refractivity contribution in [2.45, 2.75) is 32.9 Å². The van der Waals surface area contributed by atoms with Crippen molar-refractivity contribution in [1.29, 1.82) is 0 Å². The number of thiocarbonyl (C=S) groups is 1. The summed E-state index contributed by atoms with van der Waals surface area (Å²) < 4.78 is 3.33. The summed E-state index contributed by atoms with van der Waals surface area (Å²) >= 11 is 15.8. The van der Waals surface area contributed by atoms with Crippen molar-refractivity contribution < 1.29 is 0 Å². The van der Waals surface area contributed by atoms with Crippen LogP contribution < -0.4 is 10.2 Å². The van der Waals surface area contributed by atoms with E-state index in [1.54, 1.807) is 0 Å². The fraction of sp³-hybridized carbons (Fsp3) is 0.185. The van der Waals surface area contributed by atoms with Crippen LogP contribution >= 0.6 is 39.7 Å². The van der Waals surface area contributed by atoms with Gasteiger partial charge in [0.15, 0.2) is 5.11 Å². The van der Waals surface area contributed by atoms with Crippen LogP contribution in [0.3, 0.4) is 0 Å². The first-order valence-electron chi connectivity index (χ1n) is 11.1. The maximum atomic E-state index is 6.33. The molecule has 7 heteroatoms. The van der Waals surface area contributed by atoms with Crippen LogP contribution in [0, 0.1) is 20.8 Å². The maximum absolute atomic E-state index is 6.33. The highest BCUT2D eigenvalue weighted by atomic mass is 79.9. The van der Waals surface area contributed by atoms with Gasteiger partial charge in [-0.05, 0) is 98.7 Å². The molecule has 3 heterocycles. The molecule has 0 amide bonds. The average Bonchev–Trinajstić information content (AvgIpc) is 3.31. The topological polar surface area (TPSA) is 33.1 Å². The lowest BCUT2D eigenvalue weighted by atomic mass is 9.96. The predicted octanol–water partition coefficient (Wildman–Crippen LogP) is 7.39. The second-order valence-electron chi connectivity index (χ2n) is 8.57. The van der Waals surface area contributed by atoms with E-state index >= 15 is 0 Å². The molecule has 0 aliphatic carbocycles. The van der Waals surface area contributed by atoms with Crippen molar-refractivity contribution >= 4 is 50.5 Å². The van der Waals surface area contributed by atoms with E-state index in [0.29, 0.717) is 10.1 Å². The number of benzene rings is 2. The molecule has 2 unspecified atom stereocenters. The first-order valence-corrected chi connectivity index (χ1v) is 12.6. The van der Waals surface area contributed by atoms with Crippen molar-refractivity contribution in [2.75, 3.05) is 4.90 Å². The monoisotopic (exact) mass is 550 g/mol. The number of pyridine rings is 1. The number of rotatable bonds is 4. The first-order chi connectivity index (χ1) is 16.3. The normalized spacial score (nSPS) is 17.8. The van der Waals surface area contributed by atoms with Crippen LogP contribution in [-0.2, 0) is 0 Å². The van der Waals surface area contributed by atoms with Gasteiger partial charge in [-0.15, -0.1) is 0 Å². The summed E-state index contributed by atoms with van der Waals surface area (Å²) in [5, 5.41) is 4.97. The first kappa shape index (κ1) is 23.1. The molecule has 2 aromatic carbocycles. The molecule has 0 radical (unpaired) electrons. The van der Waals surface area contributed by atoms with Gasteiger partial charge in [-0.3, -0.25) is 4.98 Å². The standard InChI is InChI=1S/C27H24BrClN4S/c1-16-13-21(10-11-23(16)28)33-26(25(31-27(33)34)24-9-4-5-12-30-24)22-14-17(2)32(18(22)3)20-8-6-7-19(29)15-20/h4-15,25-26H,1-3H3,(H,31,34). The zero-order valence-electron chi connectivity index (χ0n) is 19.1. The minimum absolute atomic E-state index is 0.0675. The molecular weight excluding hydrogens is 528 g/mol. The third-order valence-corrected chi connectivity index (χ3v) is 7.81. The molecule has 1 aliphatic rings. The van der Waals surface area contributed by atoms with Gasteiger partial charge in [-0.1, -0.05) is 39.7 Å². The number of nitrogens with zero attached hydrogens (tertiary/aromatic N) is 3. The molecule has 5 rings (SSSR count). The molecule has 34 heavy (non-hydrogen) atoms. The summed E-state index contributed by atoms with van der Waals surface area (Å²) in [7, 11) is 0. The molecule has 0 bridgehead atoms. The Kier molecular flexibility index (Phi) is 6.23. The van der Waals surface area contributed by atoms with Gasteiger partial charge in [-0.25, -0.2) is 0 Å². The Morgan fingerprint density at radius 3 is 2.50 bits per heavy atom. The lowest BCUT2D eigenvalue weighted by molar-refractivity contribution is 0.565. The third-order valence-electron chi connectivity index (χ3n) is 6.37. The largest absolute Gasteiger partial charge is 0.351 e. The summed E-state index contributed by atoms with van der Waals surface area (Å²) in [5.41, 5.74) is 7.69. The minimum Gasteiger partial charge on any atom is -0.351 e. The molecule has 4 aromatic rings. The highest BCUT2D eigenvalue weighted by molar-refractivity contribution is 9.10. The van der Waals surface area contributed by atoms with Crippen LogP contribution in [0.25, 0.3) is 5.69 Å². The average molecular weight is 552 g/mol. The van der Waals surface area contributed by atoms with Gasteiger partial charge in [0, 0.05) is 38.5 Å². The fourth-order valence-corrected chi connectivity index (χ4v) is 5.60. The zero-order chi connectivity index (χ0) is 24.0. The van der Waals surface area contributed by atoms with Gasteiger partial charge in [0.25, 0.3) is 0 Å². The molecule has 1 aliphatic heterocycles. The number of aryl methyl sites for hydroxylation is 2. The summed E-state index contributed by atoms with van der Waals surface area (Å²) in [6, 6.07) is 22.4. The molecule has 2 atom stereocenters. The van der Waals surface area contributed by atoms with Crippen molar-refractivity contribution in [1.82, 2.24) is 14.9 Å². The van der Waals surface area contributed by atoms with Gasteiger partial charge in [0.1, 0.15) is 0 Å². The molecular formula is C27H24BrClN4S. The molecule has 1 saturated heterocycles. The van der Waals surface area contributed by atoms with E-state index in [4.69, 9.17) is 23.8 Å². The van der Waals surface area contributed by atoms with Gasteiger partial charge >= 0.3 is 0 Å². The zero-order valence-corrected chi connectivity index (χ0v) is 22.2. The third kappa shape index (κ3) is 4.04. The fourth-order valence-electron chi connectivity index (χ4n) is 4.83. The van der Waals surface area contributed by atoms with Crippen LogP contribution in [0.2, 0.25) is 5.02 Å². The van der Waals surface area contributed by atoms with Gasteiger partial charge in [-0.2, -0.15) is 0 Å². The quantitative estimate of drug-likeness (QED) is 0.268. The van der Waals surface area contributed by atoms with E-state index in [1.165, 1.54) is 5.56 Å². The summed E-state index contributed by atoms with van der Waals surface area (Å²) in [4.78, 5) is 6.90. The van der Waals surface area contributed by atoms with Crippen LogP contribution in [0.5, 0.6) is 0 Å². The Hall–Kier alpha value is -2.67. The second kappa shape index (κ2) is 9.17. The molecule has 0 saturated carbocycles. The highest BCUT2D eigenvalue weighted by Crippen LogP contribution is 2.44. The summed E-state index contributed by atoms with van der Waals surface area (Å²) in [6.45, 7) is 6.38. The Balaban J connectivity index is 1.69. The van der Waals surface area contributed by atoms with Crippen molar-refractivity contribution in [2.24, 2.45) is 0 Å². The van der Waals surface area contributed by atoms with Crippen LogP contribution in [-0.4, -0.2) is 14.7 Å².